The number of halogens is 1. The summed E-state index contributed by atoms with van der Waals surface area (Å²) < 4.78 is 0. The van der Waals surface area contributed by atoms with Gasteiger partial charge in [-0.15, -0.1) is 10.2 Å². The van der Waals surface area contributed by atoms with Crippen LogP contribution in [-0.2, 0) is 0 Å². The Hall–Kier alpha value is -1.46. The van der Waals surface area contributed by atoms with Crippen LogP contribution in [0.2, 0.25) is 5.02 Å². The third-order valence-electron chi connectivity index (χ3n) is 1.65. The fourth-order valence-corrected chi connectivity index (χ4v) is 1.23. The van der Waals surface area contributed by atoms with E-state index in [0.29, 0.717) is 16.4 Å². The van der Waals surface area contributed by atoms with Crippen molar-refractivity contribution in [2.75, 3.05) is 5.43 Å². The molecule has 6 heteroatoms. The molecule has 5 nitrogen and oxygen atoms in total. The number of rotatable bonds is 1. The molecule has 2 aromatic rings. The van der Waals surface area contributed by atoms with Crippen LogP contribution in [0.3, 0.4) is 0 Å². The molecule has 2 rings (SSSR count). The van der Waals surface area contributed by atoms with Crippen LogP contribution in [-0.4, -0.2) is 15.4 Å². The molecule has 0 radical (unpaired) electrons. The van der Waals surface area contributed by atoms with Gasteiger partial charge in [-0.2, -0.15) is 0 Å². The molecule has 66 valence electrons. The van der Waals surface area contributed by atoms with Gasteiger partial charge in [0.25, 0.3) is 0 Å². The van der Waals surface area contributed by atoms with E-state index in [9.17, 15) is 0 Å². The number of benzene rings is 1. The minimum absolute atomic E-state index is 0.488. The van der Waals surface area contributed by atoms with Crippen molar-refractivity contribution in [2.24, 2.45) is 5.84 Å². The summed E-state index contributed by atoms with van der Waals surface area (Å²) in [5, 5.41) is 12.4. The molecular formula is C7H6ClN5. The van der Waals surface area contributed by atoms with Gasteiger partial charge in [0.1, 0.15) is 0 Å². The predicted octanol–water partition coefficient (Wildman–Crippen LogP) is 0.964. The molecule has 0 aliphatic carbocycles. The smallest absolute Gasteiger partial charge is 0.173 e. The first kappa shape index (κ1) is 8.15. The average molecular weight is 196 g/mol. The van der Waals surface area contributed by atoms with Gasteiger partial charge in [-0.25, -0.2) is 5.84 Å². The van der Waals surface area contributed by atoms with Gasteiger partial charge in [0.05, 0.1) is 5.52 Å². The van der Waals surface area contributed by atoms with Crippen molar-refractivity contribution in [2.45, 2.75) is 0 Å². The molecule has 1 aromatic carbocycles. The van der Waals surface area contributed by atoms with Gasteiger partial charge in [-0.1, -0.05) is 11.6 Å². The third kappa shape index (κ3) is 1.39. The SMILES string of the molecule is NNc1nnnc2cc(Cl)ccc12. The second kappa shape index (κ2) is 3.12. The molecule has 3 N–H and O–H groups in total. The van der Waals surface area contributed by atoms with E-state index >= 15 is 0 Å². The summed E-state index contributed by atoms with van der Waals surface area (Å²) in [4.78, 5) is 0. The number of hydrogen-bond acceptors (Lipinski definition) is 5. The predicted molar refractivity (Wildman–Crippen MR) is 50.2 cm³/mol. The maximum absolute atomic E-state index is 5.77. The van der Waals surface area contributed by atoms with E-state index in [1.165, 1.54) is 0 Å². The number of nitrogens with two attached hydrogens (primary N) is 1. The summed E-state index contributed by atoms with van der Waals surface area (Å²) >= 11 is 5.77. The van der Waals surface area contributed by atoms with Gasteiger partial charge in [-0.3, -0.25) is 0 Å². The second-order valence-electron chi connectivity index (χ2n) is 2.44. The molecule has 0 aliphatic heterocycles. The molecule has 0 amide bonds. The van der Waals surface area contributed by atoms with Crippen molar-refractivity contribution in [1.82, 2.24) is 15.4 Å². The molecule has 0 fully saturated rings. The number of nitrogen functional groups attached to an aromatic ring is 1. The first-order valence-corrected chi connectivity index (χ1v) is 3.94. The molecule has 1 heterocycles. The average Bonchev–Trinajstić information content (AvgIpc) is 2.16. The molecule has 0 saturated carbocycles. The number of hydrogen-bond donors (Lipinski definition) is 2. The lowest BCUT2D eigenvalue weighted by Gasteiger charge is -2.01. The molecular weight excluding hydrogens is 190 g/mol. The Morgan fingerprint density at radius 1 is 1.31 bits per heavy atom. The van der Waals surface area contributed by atoms with Crippen molar-refractivity contribution >= 4 is 28.3 Å². The zero-order valence-electron chi connectivity index (χ0n) is 6.53. The van der Waals surface area contributed by atoms with Crippen LogP contribution < -0.4 is 11.3 Å². The summed E-state index contributed by atoms with van der Waals surface area (Å²) in [6.07, 6.45) is 0. The van der Waals surface area contributed by atoms with Gasteiger partial charge in [0.2, 0.25) is 0 Å². The van der Waals surface area contributed by atoms with Crippen molar-refractivity contribution < 1.29 is 0 Å². The Bertz CT molecular complexity index is 444. The normalized spacial score (nSPS) is 10.3. The Kier molecular flexibility index (Phi) is 1.96. The minimum Gasteiger partial charge on any atom is -0.306 e. The third-order valence-corrected chi connectivity index (χ3v) is 1.88. The standard InChI is InChI=1S/C7H6ClN5/c8-4-1-2-5-6(3-4)11-13-12-7(5)10-9/h1-3H,9H2,(H,10,11,12). The van der Waals surface area contributed by atoms with E-state index in [1.54, 1.807) is 18.2 Å². The summed E-state index contributed by atoms with van der Waals surface area (Å²) in [6, 6.07) is 5.23. The van der Waals surface area contributed by atoms with Gasteiger partial charge in [0, 0.05) is 10.4 Å². The number of nitrogens with zero attached hydrogens (tertiary/aromatic N) is 3. The lowest BCUT2D eigenvalue weighted by atomic mass is 10.2. The summed E-state index contributed by atoms with van der Waals surface area (Å²) in [5.74, 6) is 5.73. The molecule has 1 aromatic heterocycles. The first-order chi connectivity index (χ1) is 6.31. The molecule has 13 heavy (non-hydrogen) atoms. The summed E-state index contributed by atoms with van der Waals surface area (Å²) in [5.41, 5.74) is 3.10. The van der Waals surface area contributed by atoms with Gasteiger partial charge in [0.15, 0.2) is 5.82 Å². The zero-order chi connectivity index (χ0) is 9.26. The van der Waals surface area contributed by atoms with Crippen LogP contribution in [0.5, 0.6) is 0 Å². The molecule has 0 saturated heterocycles. The lowest BCUT2D eigenvalue weighted by molar-refractivity contribution is 0.895. The van der Waals surface area contributed by atoms with Crippen LogP contribution in [0.25, 0.3) is 10.9 Å². The maximum Gasteiger partial charge on any atom is 0.173 e. The van der Waals surface area contributed by atoms with Crippen LogP contribution in [0, 0.1) is 0 Å². The number of anilines is 1. The number of aromatic nitrogens is 3. The number of nitrogens with one attached hydrogen (secondary N) is 1. The van der Waals surface area contributed by atoms with E-state index in [2.05, 4.69) is 20.8 Å². The van der Waals surface area contributed by atoms with Crippen molar-refractivity contribution in [3.63, 3.8) is 0 Å². The van der Waals surface area contributed by atoms with E-state index in [-0.39, 0.29) is 0 Å². The van der Waals surface area contributed by atoms with E-state index < -0.39 is 0 Å². The monoisotopic (exact) mass is 195 g/mol. The molecule has 0 bridgehead atoms. The zero-order valence-corrected chi connectivity index (χ0v) is 7.28. The highest BCUT2D eigenvalue weighted by molar-refractivity contribution is 6.31. The Morgan fingerprint density at radius 3 is 2.92 bits per heavy atom. The Labute approximate surface area is 78.9 Å². The van der Waals surface area contributed by atoms with Gasteiger partial charge < -0.3 is 5.43 Å². The van der Waals surface area contributed by atoms with Crippen LogP contribution in [0.1, 0.15) is 0 Å². The Balaban J connectivity index is 2.77. The fraction of sp³-hybridized carbons (Fsp3) is 0. The second-order valence-corrected chi connectivity index (χ2v) is 2.88. The van der Waals surface area contributed by atoms with Crippen LogP contribution >= 0.6 is 11.6 Å². The molecule has 0 atom stereocenters. The number of hydrazine groups is 1. The van der Waals surface area contributed by atoms with E-state index in [1.807, 2.05) is 0 Å². The highest BCUT2D eigenvalue weighted by Gasteiger charge is 2.02. The highest BCUT2D eigenvalue weighted by atomic mass is 35.5. The maximum atomic E-state index is 5.77. The molecule has 0 aliphatic rings. The van der Waals surface area contributed by atoms with Gasteiger partial charge in [-0.05, 0) is 23.4 Å². The topological polar surface area (TPSA) is 76.7 Å². The first-order valence-electron chi connectivity index (χ1n) is 3.56. The summed E-state index contributed by atoms with van der Waals surface area (Å²) in [6.45, 7) is 0. The fourth-order valence-electron chi connectivity index (χ4n) is 1.06. The Morgan fingerprint density at radius 2 is 2.15 bits per heavy atom. The van der Waals surface area contributed by atoms with Crippen LogP contribution in [0.4, 0.5) is 5.82 Å². The number of fused-ring (bicyclic) bond motifs is 1. The lowest BCUT2D eigenvalue weighted by Crippen LogP contribution is -2.10. The van der Waals surface area contributed by atoms with E-state index in [0.717, 1.165) is 5.39 Å². The van der Waals surface area contributed by atoms with Crippen molar-refractivity contribution in [3.8, 4) is 0 Å². The van der Waals surface area contributed by atoms with Crippen molar-refractivity contribution in [3.05, 3.63) is 23.2 Å². The largest absolute Gasteiger partial charge is 0.306 e. The van der Waals surface area contributed by atoms with Crippen LogP contribution in [0.15, 0.2) is 18.2 Å². The van der Waals surface area contributed by atoms with Gasteiger partial charge >= 0.3 is 0 Å². The minimum atomic E-state index is 0.488. The quantitative estimate of drug-likeness (QED) is 0.524. The molecule has 0 spiro atoms. The molecule has 0 unspecified atom stereocenters. The van der Waals surface area contributed by atoms with Crippen molar-refractivity contribution in [1.29, 1.82) is 0 Å². The summed E-state index contributed by atoms with van der Waals surface area (Å²) in [7, 11) is 0. The highest BCUT2D eigenvalue weighted by Crippen LogP contribution is 2.20. The van der Waals surface area contributed by atoms with E-state index in [4.69, 9.17) is 17.4 Å².